The molecule has 0 radical (unpaired) electrons. The van der Waals surface area contributed by atoms with Gasteiger partial charge in [-0.1, -0.05) is 78.1 Å². The Morgan fingerprint density at radius 1 is 0.607 bits per heavy atom. The van der Waals surface area contributed by atoms with Crippen LogP contribution in [-0.4, -0.2) is 41.0 Å². The zero-order valence-electron chi connectivity index (χ0n) is 30.3. The zero-order valence-corrected chi connectivity index (χ0v) is 31.1. The number of para-hydroxylation sites is 2. The Bertz CT molecular complexity index is 3190. The summed E-state index contributed by atoms with van der Waals surface area (Å²) < 4.78 is 4.47. The van der Waals surface area contributed by atoms with Gasteiger partial charge in [-0.3, -0.25) is 19.1 Å². The van der Waals surface area contributed by atoms with E-state index in [4.69, 9.17) is 20.2 Å². The number of pyridine rings is 3. The predicted molar refractivity (Wildman–Crippen MR) is 231 cm³/mol. The molecule has 0 saturated carbocycles. The van der Waals surface area contributed by atoms with Gasteiger partial charge >= 0.3 is 0 Å². The van der Waals surface area contributed by atoms with Crippen molar-refractivity contribution >= 4 is 67.2 Å². The third kappa shape index (κ3) is 5.69. The molecular formula is C47H32N8S. The Kier molecular flexibility index (Phi) is 8.19. The largest absolute Gasteiger partial charge is 0.294 e. The third-order valence-electron chi connectivity index (χ3n) is 10.1. The number of benzene rings is 4. The monoisotopic (exact) mass is 740 g/mol. The van der Waals surface area contributed by atoms with Gasteiger partial charge in [0.15, 0.2) is 0 Å². The van der Waals surface area contributed by atoms with Gasteiger partial charge in [-0.15, -0.1) is 10.2 Å². The van der Waals surface area contributed by atoms with E-state index in [-0.39, 0.29) is 0 Å². The molecule has 0 fully saturated rings. The minimum atomic E-state index is 0.842. The number of aromatic nitrogens is 7. The SMILES string of the molecule is C=N/C=C\C=C(/C)c1cccc(-n2c3ccccc3c3ccc(-c4nnc(-c5ccc6c(c5)c5ccccc5n6-c5cccc(-c6cccnc6)n5)s4)cc32)n1. The minimum Gasteiger partial charge on any atom is -0.294 e. The second kappa shape index (κ2) is 13.8. The van der Waals surface area contributed by atoms with Gasteiger partial charge in [0.1, 0.15) is 21.7 Å². The van der Waals surface area contributed by atoms with Gasteiger partial charge < -0.3 is 0 Å². The van der Waals surface area contributed by atoms with Crippen molar-refractivity contribution in [3.8, 4) is 44.0 Å². The van der Waals surface area contributed by atoms with Gasteiger partial charge in [-0.05, 0) is 98.1 Å². The van der Waals surface area contributed by atoms with Crippen molar-refractivity contribution in [2.75, 3.05) is 0 Å². The van der Waals surface area contributed by atoms with Crippen LogP contribution in [0.1, 0.15) is 12.6 Å². The highest BCUT2D eigenvalue weighted by atomic mass is 32.1. The number of hydrogen-bond acceptors (Lipinski definition) is 7. The molecule has 9 heteroatoms. The van der Waals surface area contributed by atoms with Crippen LogP contribution >= 0.6 is 11.3 Å². The van der Waals surface area contributed by atoms with Gasteiger partial charge in [-0.25, -0.2) is 9.97 Å². The standard InChI is InChI=1S/C47H32N8S/c1-30(11-9-25-48-2)38-15-7-19-44(50-38)55-40-17-5-3-13-34(40)36-23-21-32(28-43(36)55)47-53-52-46(56-47)31-22-24-42-37(27-31)35-14-4-6-18-41(35)54(42)45-20-8-16-39(51-45)33-12-10-26-49-29-33/h3-29H,2H2,1H3/b25-9-,30-11+. The summed E-state index contributed by atoms with van der Waals surface area (Å²) in [5.74, 6) is 1.69. The van der Waals surface area contributed by atoms with Crippen molar-refractivity contribution in [1.29, 1.82) is 0 Å². The molecule has 0 aliphatic heterocycles. The number of aliphatic imine (C=N–C) groups is 1. The van der Waals surface area contributed by atoms with E-state index in [1.54, 1.807) is 23.7 Å². The van der Waals surface area contributed by atoms with Crippen LogP contribution < -0.4 is 0 Å². The first-order chi connectivity index (χ1) is 27.6. The number of nitrogens with zero attached hydrogens (tertiary/aromatic N) is 8. The Balaban J connectivity index is 1.05. The lowest BCUT2D eigenvalue weighted by molar-refractivity contribution is 1.07. The highest BCUT2D eigenvalue weighted by molar-refractivity contribution is 7.17. The number of allylic oxidation sites excluding steroid dienone is 3. The maximum atomic E-state index is 5.11. The Labute approximate surface area is 326 Å². The summed E-state index contributed by atoms with van der Waals surface area (Å²) >= 11 is 1.59. The Hall–Kier alpha value is -7.36. The molecule has 0 bridgehead atoms. The van der Waals surface area contributed by atoms with Gasteiger partial charge in [0, 0.05) is 56.8 Å². The molecule has 0 N–H and O–H groups in total. The number of hydrogen-bond donors (Lipinski definition) is 0. The fourth-order valence-electron chi connectivity index (χ4n) is 7.48. The number of rotatable bonds is 8. The zero-order chi connectivity index (χ0) is 37.6. The van der Waals surface area contributed by atoms with Crippen LogP contribution in [0.2, 0.25) is 0 Å². The maximum absolute atomic E-state index is 5.11. The molecule has 6 aromatic heterocycles. The fraction of sp³-hybridized carbons (Fsp3) is 0.0213. The summed E-state index contributed by atoms with van der Waals surface area (Å²) in [5.41, 5.74) is 10.1. The highest BCUT2D eigenvalue weighted by Gasteiger charge is 2.19. The molecule has 0 amide bonds. The lowest BCUT2D eigenvalue weighted by Crippen LogP contribution is -1.99. The second-order valence-corrected chi connectivity index (χ2v) is 14.4. The summed E-state index contributed by atoms with van der Waals surface area (Å²) in [6.45, 7) is 5.57. The summed E-state index contributed by atoms with van der Waals surface area (Å²) in [5, 5.41) is 15.7. The average Bonchev–Trinajstić information content (AvgIpc) is 3.97. The molecule has 8 nitrogen and oxygen atoms in total. The molecule has 266 valence electrons. The van der Waals surface area contributed by atoms with Crippen LogP contribution in [0.5, 0.6) is 0 Å². The van der Waals surface area contributed by atoms with E-state index in [0.717, 1.165) is 98.9 Å². The third-order valence-corrected chi connectivity index (χ3v) is 11.1. The quantitative estimate of drug-likeness (QED) is 0.114. The molecule has 0 saturated heterocycles. The first-order valence-electron chi connectivity index (χ1n) is 18.2. The maximum Gasteiger partial charge on any atom is 0.148 e. The van der Waals surface area contributed by atoms with Crippen LogP contribution in [0.25, 0.3) is 93.2 Å². The summed E-state index contributed by atoms with van der Waals surface area (Å²) in [7, 11) is 0. The Morgan fingerprint density at radius 2 is 1.27 bits per heavy atom. The van der Waals surface area contributed by atoms with Crippen molar-refractivity contribution in [1.82, 2.24) is 34.3 Å². The van der Waals surface area contributed by atoms with E-state index >= 15 is 0 Å². The van der Waals surface area contributed by atoms with Gasteiger partial charge in [0.25, 0.3) is 0 Å². The smallest absolute Gasteiger partial charge is 0.148 e. The Morgan fingerprint density at radius 3 is 2.04 bits per heavy atom. The van der Waals surface area contributed by atoms with Crippen molar-refractivity contribution in [3.05, 3.63) is 170 Å². The lowest BCUT2D eigenvalue weighted by atomic mass is 10.1. The van der Waals surface area contributed by atoms with Crippen LogP contribution in [-0.2, 0) is 0 Å². The van der Waals surface area contributed by atoms with E-state index in [1.807, 2.05) is 55.6 Å². The van der Waals surface area contributed by atoms with E-state index in [0.29, 0.717) is 0 Å². The molecular weight excluding hydrogens is 709 g/mol. The van der Waals surface area contributed by atoms with Crippen molar-refractivity contribution < 1.29 is 0 Å². The summed E-state index contributed by atoms with van der Waals surface area (Å²) in [6.07, 6.45) is 9.16. The van der Waals surface area contributed by atoms with E-state index < -0.39 is 0 Å². The van der Waals surface area contributed by atoms with Crippen LogP contribution in [0.4, 0.5) is 0 Å². The van der Waals surface area contributed by atoms with Crippen molar-refractivity contribution in [3.63, 3.8) is 0 Å². The summed E-state index contributed by atoms with van der Waals surface area (Å²) in [6, 6.07) is 46.2. The van der Waals surface area contributed by atoms with E-state index in [9.17, 15) is 0 Å². The van der Waals surface area contributed by atoms with Crippen LogP contribution in [0.3, 0.4) is 0 Å². The topological polar surface area (TPSA) is 86.7 Å². The minimum absolute atomic E-state index is 0.842. The molecule has 10 rings (SSSR count). The summed E-state index contributed by atoms with van der Waals surface area (Å²) in [4.78, 5) is 18.3. The fourth-order valence-corrected chi connectivity index (χ4v) is 8.32. The highest BCUT2D eigenvalue weighted by Crippen LogP contribution is 2.39. The molecule has 0 aliphatic rings. The molecule has 4 aromatic carbocycles. The molecule has 0 aliphatic carbocycles. The normalized spacial score (nSPS) is 12.1. The average molecular weight is 741 g/mol. The van der Waals surface area contributed by atoms with Gasteiger partial charge in [0.2, 0.25) is 0 Å². The van der Waals surface area contributed by atoms with E-state index in [1.165, 1.54) is 0 Å². The molecule has 0 unspecified atom stereocenters. The van der Waals surface area contributed by atoms with Crippen LogP contribution in [0.15, 0.2) is 169 Å². The van der Waals surface area contributed by atoms with Gasteiger partial charge in [-0.2, -0.15) is 0 Å². The van der Waals surface area contributed by atoms with Crippen LogP contribution in [0, 0.1) is 0 Å². The van der Waals surface area contributed by atoms with Crippen molar-refractivity contribution in [2.24, 2.45) is 4.99 Å². The van der Waals surface area contributed by atoms with Gasteiger partial charge in [0.05, 0.1) is 33.5 Å². The first-order valence-corrected chi connectivity index (χ1v) is 19.0. The molecule has 6 heterocycles. The molecule has 56 heavy (non-hydrogen) atoms. The van der Waals surface area contributed by atoms with E-state index in [2.05, 4.69) is 129 Å². The van der Waals surface area contributed by atoms with Crippen molar-refractivity contribution in [2.45, 2.75) is 6.92 Å². The first kappa shape index (κ1) is 33.2. The molecule has 0 atom stereocenters. The predicted octanol–water partition coefficient (Wildman–Crippen LogP) is 11.5. The molecule has 0 spiro atoms. The number of fused-ring (bicyclic) bond motifs is 6. The molecule has 10 aromatic rings. The lowest BCUT2D eigenvalue weighted by Gasteiger charge is -2.09. The second-order valence-electron chi connectivity index (χ2n) is 13.5.